The van der Waals surface area contributed by atoms with Gasteiger partial charge in [0.1, 0.15) is 0 Å². The molecule has 0 fully saturated rings. The fraction of sp³-hybridized carbons (Fsp3) is 0.200. The third kappa shape index (κ3) is 3.00. The summed E-state index contributed by atoms with van der Waals surface area (Å²) in [5.41, 5.74) is 6.75. The van der Waals surface area contributed by atoms with Crippen LogP contribution in [0.1, 0.15) is 32.2 Å². The van der Waals surface area contributed by atoms with Crippen molar-refractivity contribution in [2.75, 3.05) is 6.54 Å². The molecule has 3 rings (SSSR count). The van der Waals surface area contributed by atoms with Gasteiger partial charge in [0.15, 0.2) is 0 Å². The summed E-state index contributed by atoms with van der Waals surface area (Å²) < 4.78 is 0. The van der Waals surface area contributed by atoms with Gasteiger partial charge in [-0.05, 0) is 18.6 Å². The summed E-state index contributed by atoms with van der Waals surface area (Å²) >= 11 is 12.2. The van der Waals surface area contributed by atoms with Gasteiger partial charge in [-0.15, -0.1) is 0 Å². The van der Waals surface area contributed by atoms with E-state index in [9.17, 15) is 9.59 Å². The molecule has 0 unspecified atom stereocenters. The van der Waals surface area contributed by atoms with Crippen molar-refractivity contribution in [3.05, 3.63) is 57.1 Å². The maximum atomic E-state index is 12.7. The molecule has 0 atom stereocenters. The molecular weight excluding hydrogens is 339 g/mol. The van der Waals surface area contributed by atoms with Crippen molar-refractivity contribution in [2.45, 2.75) is 13.0 Å². The van der Waals surface area contributed by atoms with Gasteiger partial charge in [0.25, 0.3) is 11.8 Å². The Bertz CT molecular complexity index is 790. The average Bonchev–Trinajstić information content (AvgIpc) is 2.53. The van der Waals surface area contributed by atoms with Crippen LogP contribution in [0, 0.1) is 6.20 Å². The van der Waals surface area contributed by atoms with E-state index in [-0.39, 0.29) is 23.8 Å². The van der Waals surface area contributed by atoms with Crippen LogP contribution < -0.4 is 5.73 Å². The lowest BCUT2D eigenvalue weighted by Gasteiger charge is -2.28. The molecule has 0 saturated heterocycles. The molecular formula is C15H11Cl2N4O2. The summed E-state index contributed by atoms with van der Waals surface area (Å²) in [6, 6.07) is 4.90. The van der Waals surface area contributed by atoms with Crippen molar-refractivity contribution >= 4 is 35.0 Å². The van der Waals surface area contributed by atoms with Gasteiger partial charge in [-0.25, -0.2) is 9.97 Å². The molecule has 1 aliphatic rings. The zero-order valence-electron chi connectivity index (χ0n) is 11.8. The fourth-order valence-corrected chi connectivity index (χ4v) is 2.95. The predicted molar refractivity (Wildman–Crippen MR) is 84.3 cm³/mol. The van der Waals surface area contributed by atoms with E-state index in [1.54, 1.807) is 23.1 Å². The highest BCUT2D eigenvalue weighted by Gasteiger charge is 2.26. The van der Waals surface area contributed by atoms with E-state index in [0.29, 0.717) is 28.7 Å². The van der Waals surface area contributed by atoms with Crippen molar-refractivity contribution in [1.82, 2.24) is 14.9 Å². The van der Waals surface area contributed by atoms with Gasteiger partial charge < -0.3 is 10.6 Å². The van der Waals surface area contributed by atoms with Crippen molar-refractivity contribution in [2.24, 2.45) is 5.73 Å². The quantitative estimate of drug-likeness (QED) is 0.896. The van der Waals surface area contributed by atoms with E-state index in [0.717, 1.165) is 5.56 Å². The molecule has 0 bridgehead atoms. The van der Waals surface area contributed by atoms with Crippen molar-refractivity contribution in [1.29, 1.82) is 0 Å². The molecule has 6 nitrogen and oxygen atoms in total. The fourth-order valence-electron chi connectivity index (χ4n) is 2.39. The summed E-state index contributed by atoms with van der Waals surface area (Å²) in [5.74, 6) is -1.14. The van der Waals surface area contributed by atoms with E-state index in [1.165, 1.54) is 0 Å². The number of hydrogen-bond donors (Lipinski definition) is 1. The van der Waals surface area contributed by atoms with Gasteiger partial charge in [0.2, 0.25) is 5.82 Å². The average molecular weight is 350 g/mol. The SMILES string of the molecule is NC(=O)c1n[c]c2c(n1)CN(C(=O)c1c(Cl)cccc1Cl)CC2. The van der Waals surface area contributed by atoms with Crippen LogP contribution in [0.5, 0.6) is 0 Å². The number of fused-ring (bicyclic) bond motifs is 1. The van der Waals surface area contributed by atoms with Crippen LogP contribution in [0.4, 0.5) is 0 Å². The first kappa shape index (κ1) is 15.7. The highest BCUT2D eigenvalue weighted by Crippen LogP contribution is 2.27. The van der Waals surface area contributed by atoms with Gasteiger partial charge in [-0.1, -0.05) is 29.3 Å². The normalized spacial score (nSPS) is 13.6. The predicted octanol–water partition coefficient (Wildman–Crippen LogP) is 1.88. The first-order chi connectivity index (χ1) is 11.0. The van der Waals surface area contributed by atoms with Crippen LogP contribution in [0.25, 0.3) is 0 Å². The number of carbonyl (C=O) groups is 2. The van der Waals surface area contributed by atoms with E-state index < -0.39 is 5.91 Å². The van der Waals surface area contributed by atoms with Crippen LogP contribution in [0.15, 0.2) is 18.2 Å². The molecule has 1 radical (unpaired) electrons. The molecule has 2 heterocycles. The summed E-state index contributed by atoms with van der Waals surface area (Å²) in [5, 5.41) is 0.584. The zero-order valence-corrected chi connectivity index (χ0v) is 13.4. The number of aromatic nitrogens is 2. The molecule has 1 aromatic heterocycles. The molecule has 2 aromatic rings. The molecule has 2 amide bonds. The smallest absolute Gasteiger partial charge is 0.286 e. The van der Waals surface area contributed by atoms with Crippen LogP contribution in [0.3, 0.4) is 0 Å². The molecule has 1 aromatic carbocycles. The highest BCUT2D eigenvalue weighted by molar-refractivity contribution is 6.39. The minimum Gasteiger partial charge on any atom is -0.363 e. The lowest BCUT2D eigenvalue weighted by atomic mass is 10.1. The molecule has 0 saturated carbocycles. The van der Waals surface area contributed by atoms with Gasteiger partial charge in [-0.3, -0.25) is 9.59 Å². The number of halogens is 2. The number of carbonyl (C=O) groups excluding carboxylic acids is 2. The van der Waals surface area contributed by atoms with Crippen LogP contribution in [-0.2, 0) is 13.0 Å². The van der Waals surface area contributed by atoms with Crippen molar-refractivity contribution in [3.63, 3.8) is 0 Å². The second kappa shape index (κ2) is 6.14. The Balaban J connectivity index is 1.91. The largest absolute Gasteiger partial charge is 0.363 e. The number of benzene rings is 1. The third-order valence-corrected chi connectivity index (χ3v) is 4.17. The highest BCUT2D eigenvalue weighted by atomic mass is 35.5. The van der Waals surface area contributed by atoms with E-state index >= 15 is 0 Å². The minimum absolute atomic E-state index is 0.117. The van der Waals surface area contributed by atoms with Crippen molar-refractivity contribution < 1.29 is 9.59 Å². The Labute approximate surface area is 142 Å². The molecule has 0 aliphatic carbocycles. The number of primary amides is 1. The number of nitrogens with zero attached hydrogens (tertiary/aromatic N) is 3. The molecule has 23 heavy (non-hydrogen) atoms. The van der Waals surface area contributed by atoms with Crippen molar-refractivity contribution in [3.8, 4) is 0 Å². The molecule has 117 valence electrons. The van der Waals surface area contributed by atoms with E-state index in [1.807, 2.05) is 0 Å². The van der Waals surface area contributed by atoms with E-state index in [2.05, 4.69) is 16.2 Å². The summed E-state index contributed by atoms with van der Waals surface area (Å²) in [6.45, 7) is 0.679. The Morgan fingerprint density at radius 3 is 2.61 bits per heavy atom. The van der Waals surface area contributed by atoms with Crippen LogP contribution >= 0.6 is 23.2 Å². The van der Waals surface area contributed by atoms with Crippen LogP contribution in [-0.4, -0.2) is 33.2 Å². The Morgan fingerprint density at radius 1 is 1.26 bits per heavy atom. The van der Waals surface area contributed by atoms with Crippen LogP contribution in [0.2, 0.25) is 10.0 Å². The van der Waals surface area contributed by atoms with Gasteiger partial charge in [-0.2, -0.15) is 0 Å². The Hall–Kier alpha value is -2.18. The summed E-state index contributed by atoms with van der Waals surface area (Å²) in [4.78, 5) is 33.3. The number of hydrogen-bond acceptors (Lipinski definition) is 4. The Morgan fingerprint density at radius 2 is 1.96 bits per heavy atom. The zero-order chi connectivity index (χ0) is 16.6. The standard InChI is InChI=1S/C15H11Cl2N4O2/c16-9-2-1-3-10(17)12(9)15(23)21-5-4-8-6-19-14(13(18)22)20-11(8)7-21/h1-3H,4-5,7H2,(H2,18,22). The molecule has 2 N–H and O–H groups in total. The second-order valence-corrected chi connectivity index (χ2v) is 5.84. The van der Waals surface area contributed by atoms with Gasteiger partial charge >= 0.3 is 0 Å². The molecule has 0 spiro atoms. The minimum atomic E-state index is -0.735. The third-order valence-electron chi connectivity index (χ3n) is 3.54. The lowest BCUT2D eigenvalue weighted by Crippen LogP contribution is -2.37. The second-order valence-electron chi connectivity index (χ2n) is 5.02. The van der Waals surface area contributed by atoms with Gasteiger partial charge in [0.05, 0.1) is 34.0 Å². The summed E-state index contributed by atoms with van der Waals surface area (Å²) in [6.07, 6.45) is 3.29. The maximum Gasteiger partial charge on any atom is 0.286 e. The van der Waals surface area contributed by atoms with E-state index in [4.69, 9.17) is 28.9 Å². The number of nitrogens with two attached hydrogens (primary N) is 1. The molecule has 8 heteroatoms. The first-order valence-corrected chi connectivity index (χ1v) is 7.53. The monoisotopic (exact) mass is 349 g/mol. The van der Waals surface area contributed by atoms with Gasteiger partial charge in [0, 0.05) is 12.1 Å². The number of rotatable bonds is 2. The summed E-state index contributed by atoms with van der Waals surface area (Å²) in [7, 11) is 0. The number of amides is 2. The maximum absolute atomic E-state index is 12.7. The first-order valence-electron chi connectivity index (χ1n) is 6.78. The Kier molecular flexibility index (Phi) is 4.19. The lowest BCUT2D eigenvalue weighted by molar-refractivity contribution is 0.0732. The molecule has 1 aliphatic heterocycles. The topological polar surface area (TPSA) is 89.2 Å².